The van der Waals surface area contributed by atoms with Crippen molar-refractivity contribution in [2.24, 2.45) is 5.92 Å². The minimum atomic E-state index is -0.924. The van der Waals surface area contributed by atoms with Gasteiger partial charge in [-0.3, -0.25) is 0 Å². The summed E-state index contributed by atoms with van der Waals surface area (Å²) in [5.74, 6) is -0.0203. The van der Waals surface area contributed by atoms with Gasteiger partial charge in [0.1, 0.15) is 0 Å². The average molecular weight is 385 g/mol. The summed E-state index contributed by atoms with van der Waals surface area (Å²) in [5.41, 5.74) is 1.26. The van der Waals surface area contributed by atoms with Gasteiger partial charge >= 0.3 is 6.09 Å². The standard InChI is InChI=1S/C19H17BrN2O2/c20-17-9-5-4-6-14(17)10-19(13-21,15-7-2-1-3-8-15)16-11-22(12-16)18(23)24/h1-9,16H,10-12H2,(H,23,24). The first-order valence-electron chi connectivity index (χ1n) is 7.75. The third kappa shape index (κ3) is 2.90. The molecule has 1 amide bonds. The lowest BCUT2D eigenvalue weighted by molar-refractivity contribution is 0.0553. The Morgan fingerprint density at radius 2 is 1.83 bits per heavy atom. The molecule has 1 saturated heterocycles. The summed E-state index contributed by atoms with van der Waals surface area (Å²) in [7, 11) is 0. The molecule has 1 fully saturated rings. The molecule has 0 radical (unpaired) electrons. The predicted molar refractivity (Wildman–Crippen MR) is 94.7 cm³/mol. The molecule has 0 aromatic heterocycles. The monoisotopic (exact) mass is 384 g/mol. The molecule has 1 N–H and O–H groups in total. The minimum Gasteiger partial charge on any atom is -0.465 e. The Bertz CT molecular complexity index is 781. The highest BCUT2D eigenvalue weighted by molar-refractivity contribution is 9.10. The molecular weight excluding hydrogens is 368 g/mol. The van der Waals surface area contributed by atoms with Crippen molar-refractivity contribution in [2.45, 2.75) is 11.8 Å². The maximum atomic E-state index is 11.1. The molecule has 2 aromatic carbocycles. The zero-order valence-electron chi connectivity index (χ0n) is 13.0. The van der Waals surface area contributed by atoms with Gasteiger partial charge in [0.25, 0.3) is 0 Å². The van der Waals surface area contributed by atoms with Crippen LogP contribution in [0.1, 0.15) is 11.1 Å². The van der Waals surface area contributed by atoms with E-state index >= 15 is 0 Å². The van der Waals surface area contributed by atoms with Gasteiger partial charge in [-0.05, 0) is 23.6 Å². The number of hydrogen-bond donors (Lipinski definition) is 1. The molecule has 0 aliphatic carbocycles. The maximum Gasteiger partial charge on any atom is 0.407 e. The lowest BCUT2D eigenvalue weighted by Gasteiger charge is -2.46. The van der Waals surface area contributed by atoms with E-state index in [1.165, 1.54) is 4.90 Å². The molecule has 4 nitrogen and oxygen atoms in total. The van der Waals surface area contributed by atoms with Gasteiger partial charge in [-0.25, -0.2) is 4.79 Å². The van der Waals surface area contributed by atoms with Crippen molar-refractivity contribution in [1.29, 1.82) is 5.26 Å². The van der Waals surface area contributed by atoms with Gasteiger partial charge in [-0.15, -0.1) is 0 Å². The molecule has 5 heteroatoms. The molecule has 1 aliphatic heterocycles. The number of likely N-dealkylation sites (tertiary alicyclic amines) is 1. The molecule has 0 spiro atoms. The van der Waals surface area contributed by atoms with E-state index in [1.54, 1.807) is 0 Å². The second-order valence-electron chi connectivity index (χ2n) is 6.10. The van der Waals surface area contributed by atoms with Crippen LogP contribution in [0, 0.1) is 17.2 Å². The number of benzene rings is 2. The highest BCUT2D eigenvalue weighted by Crippen LogP contribution is 2.41. The molecule has 0 bridgehead atoms. The van der Waals surface area contributed by atoms with Crippen LogP contribution in [0.4, 0.5) is 4.79 Å². The molecule has 1 heterocycles. The Morgan fingerprint density at radius 1 is 1.21 bits per heavy atom. The topological polar surface area (TPSA) is 64.3 Å². The van der Waals surface area contributed by atoms with Crippen LogP contribution >= 0.6 is 15.9 Å². The Labute approximate surface area is 149 Å². The van der Waals surface area contributed by atoms with Gasteiger partial charge < -0.3 is 10.0 Å². The van der Waals surface area contributed by atoms with Crippen molar-refractivity contribution < 1.29 is 9.90 Å². The van der Waals surface area contributed by atoms with Crippen LogP contribution < -0.4 is 0 Å². The number of nitriles is 1. The number of nitrogens with zero attached hydrogens (tertiary/aromatic N) is 2. The summed E-state index contributed by atoms with van der Waals surface area (Å²) in [6.07, 6.45) is -0.375. The van der Waals surface area contributed by atoms with Crippen molar-refractivity contribution in [3.8, 4) is 6.07 Å². The highest BCUT2D eigenvalue weighted by Gasteiger charge is 2.48. The normalized spacial score (nSPS) is 16.8. The van der Waals surface area contributed by atoms with Crippen LogP contribution in [0.2, 0.25) is 0 Å². The minimum absolute atomic E-state index is 0.0203. The van der Waals surface area contributed by atoms with Crippen LogP contribution in [0.3, 0.4) is 0 Å². The summed E-state index contributed by atoms with van der Waals surface area (Å²) in [5, 5.41) is 19.2. The third-order valence-electron chi connectivity index (χ3n) is 4.76. The summed E-state index contributed by atoms with van der Waals surface area (Å²) >= 11 is 3.56. The van der Waals surface area contributed by atoms with Crippen molar-refractivity contribution in [1.82, 2.24) is 4.90 Å². The van der Waals surface area contributed by atoms with Crippen molar-refractivity contribution >= 4 is 22.0 Å². The molecule has 1 atom stereocenters. The third-order valence-corrected chi connectivity index (χ3v) is 5.54. The first-order chi connectivity index (χ1) is 11.6. The largest absolute Gasteiger partial charge is 0.465 e. The smallest absolute Gasteiger partial charge is 0.407 e. The van der Waals surface area contributed by atoms with Crippen LogP contribution in [-0.4, -0.2) is 29.2 Å². The first kappa shape index (κ1) is 16.5. The van der Waals surface area contributed by atoms with Crippen LogP contribution in [0.5, 0.6) is 0 Å². The Balaban J connectivity index is 2.00. The van der Waals surface area contributed by atoms with Gasteiger partial charge in [0.15, 0.2) is 0 Å². The number of rotatable bonds is 4. The number of hydrogen-bond acceptors (Lipinski definition) is 2. The second kappa shape index (κ2) is 6.66. The quantitative estimate of drug-likeness (QED) is 0.863. The van der Waals surface area contributed by atoms with Gasteiger partial charge in [-0.2, -0.15) is 5.26 Å². The molecule has 0 saturated carbocycles. The lowest BCUT2D eigenvalue weighted by Crippen LogP contribution is -2.58. The first-order valence-corrected chi connectivity index (χ1v) is 8.54. The predicted octanol–water partition coefficient (Wildman–Crippen LogP) is 4.06. The molecule has 122 valence electrons. The van der Waals surface area contributed by atoms with E-state index in [0.717, 1.165) is 15.6 Å². The van der Waals surface area contributed by atoms with E-state index in [0.29, 0.717) is 19.5 Å². The fraction of sp³-hybridized carbons (Fsp3) is 0.263. The van der Waals surface area contributed by atoms with E-state index in [2.05, 4.69) is 22.0 Å². The van der Waals surface area contributed by atoms with Crippen molar-refractivity contribution in [2.75, 3.05) is 13.1 Å². The van der Waals surface area contributed by atoms with Crippen molar-refractivity contribution in [3.05, 3.63) is 70.2 Å². The number of amides is 1. The molecule has 24 heavy (non-hydrogen) atoms. The molecule has 3 rings (SSSR count). The molecular formula is C19H17BrN2O2. The fourth-order valence-corrected chi connectivity index (χ4v) is 3.73. The fourth-order valence-electron chi connectivity index (χ4n) is 3.30. The number of halogens is 1. The van der Waals surface area contributed by atoms with E-state index < -0.39 is 11.5 Å². The highest BCUT2D eigenvalue weighted by atomic mass is 79.9. The van der Waals surface area contributed by atoms with Crippen LogP contribution in [-0.2, 0) is 11.8 Å². The number of carboxylic acid groups (broad SMARTS) is 1. The van der Waals surface area contributed by atoms with Gasteiger partial charge in [0, 0.05) is 23.5 Å². The lowest BCUT2D eigenvalue weighted by atomic mass is 9.65. The van der Waals surface area contributed by atoms with E-state index in [1.807, 2.05) is 54.6 Å². The second-order valence-corrected chi connectivity index (χ2v) is 6.96. The molecule has 1 aliphatic rings. The van der Waals surface area contributed by atoms with Gasteiger partial charge in [-0.1, -0.05) is 64.5 Å². The summed E-state index contributed by atoms with van der Waals surface area (Å²) in [4.78, 5) is 12.5. The zero-order chi connectivity index (χ0) is 17.2. The summed E-state index contributed by atoms with van der Waals surface area (Å²) in [6, 6.07) is 20.1. The zero-order valence-corrected chi connectivity index (χ0v) is 14.6. The van der Waals surface area contributed by atoms with Gasteiger partial charge in [0.2, 0.25) is 0 Å². The van der Waals surface area contributed by atoms with Gasteiger partial charge in [0.05, 0.1) is 11.5 Å². The van der Waals surface area contributed by atoms with E-state index in [9.17, 15) is 10.1 Å². The SMILES string of the molecule is N#CC(Cc1ccccc1Br)(c1ccccc1)C1CN(C(=O)O)C1. The summed E-state index contributed by atoms with van der Waals surface area (Å²) < 4.78 is 0.968. The van der Waals surface area contributed by atoms with Crippen LogP contribution in [0.25, 0.3) is 0 Å². The van der Waals surface area contributed by atoms with Crippen LogP contribution in [0.15, 0.2) is 59.1 Å². The molecule has 1 unspecified atom stereocenters. The molecule has 2 aromatic rings. The van der Waals surface area contributed by atoms with Crippen molar-refractivity contribution in [3.63, 3.8) is 0 Å². The number of carbonyl (C=O) groups is 1. The van der Waals surface area contributed by atoms with E-state index in [-0.39, 0.29) is 5.92 Å². The Morgan fingerprint density at radius 3 is 2.42 bits per heavy atom. The van der Waals surface area contributed by atoms with E-state index in [4.69, 9.17) is 5.11 Å². The Hall–Kier alpha value is -2.32. The maximum absolute atomic E-state index is 11.1. The average Bonchev–Trinajstić information content (AvgIpc) is 2.55. The Kier molecular flexibility index (Phi) is 4.59. The summed E-state index contributed by atoms with van der Waals surface area (Å²) in [6.45, 7) is 0.782.